The highest BCUT2D eigenvalue weighted by Gasteiger charge is 2.17. The van der Waals surface area contributed by atoms with Crippen molar-refractivity contribution in [1.29, 1.82) is 0 Å². The van der Waals surface area contributed by atoms with Crippen LogP contribution in [0.3, 0.4) is 0 Å². The summed E-state index contributed by atoms with van der Waals surface area (Å²) in [6.45, 7) is 4.20. The Kier molecular flexibility index (Phi) is 4.70. The molecule has 0 aliphatic rings. The summed E-state index contributed by atoms with van der Waals surface area (Å²) in [4.78, 5) is 15.2. The number of benzene rings is 1. The minimum atomic E-state index is -0.795. The molecule has 1 atom stereocenters. The molecule has 1 rings (SSSR count). The van der Waals surface area contributed by atoms with Gasteiger partial charge in [-0.15, -0.1) is 0 Å². The second-order valence-electron chi connectivity index (χ2n) is 3.74. The second-order valence-corrected chi connectivity index (χ2v) is 3.74. The van der Waals surface area contributed by atoms with Gasteiger partial charge in [-0.05, 0) is 18.9 Å². The maximum Gasteiger partial charge on any atom is 0.312 e. The van der Waals surface area contributed by atoms with Crippen molar-refractivity contribution in [2.75, 3.05) is 0 Å². The van der Waals surface area contributed by atoms with Crippen LogP contribution in [0.2, 0.25) is 0 Å². The fraction of sp³-hybridized carbons (Fsp3) is 0.385. The van der Waals surface area contributed by atoms with Crippen molar-refractivity contribution in [3.8, 4) is 0 Å². The van der Waals surface area contributed by atoms with E-state index in [4.69, 9.17) is 5.11 Å². The molecule has 0 fully saturated rings. The summed E-state index contributed by atoms with van der Waals surface area (Å²) in [6, 6.07) is 9.83. The van der Waals surface area contributed by atoms with Gasteiger partial charge in [0.05, 0.1) is 12.5 Å². The SMILES string of the molecule is CCC(C(=O)O)/C(C)=N/Cc1ccccc1. The summed E-state index contributed by atoms with van der Waals surface area (Å²) in [7, 11) is 0. The average Bonchev–Trinajstić information content (AvgIpc) is 2.28. The highest BCUT2D eigenvalue weighted by molar-refractivity contribution is 6.00. The number of nitrogens with zero attached hydrogens (tertiary/aromatic N) is 1. The Morgan fingerprint density at radius 2 is 2.00 bits per heavy atom. The third-order valence-corrected chi connectivity index (χ3v) is 2.56. The van der Waals surface area contributed by atoms with E-state index in [0.717, 1.165) is 5.56 Å². The minimum Gasteiger partial charge on any atom is -0.481 e. The van der Waals surface area contributed by atoms with Gasteiger partial charge in [-0.25, -0.2) is 0 Å². The first-order valence-corrected chi connectivity index (χ1v) is 5.42. The van der Waals surface area contributed by atoms with Gasteiger partial charge in [0.25, 0.3) is 0 Å². The molecule has 0 aliphatic carbocycles. The first kappa shape index (κ1) is 12.4. The molecule has 16 heavy (non-hydrogen) atoms. The molecule has 1 N–H and O–H groups in total. The number of carbonyl (C=O) groups is 1. The fourth-order valence-electron chi connectivity index (χ4n) is 1.56. The lowest BCUT2D eigenvalue weighted by Gasteiger charge is -2.09. The van der Waals surface area contributed by atoms with E-state index in [9.17, 15) is 4.79 Å². The summed E-state index contributed by atoms with van der Waals surface area (Å²) in [5.74, 6) is -1.25. The Morgan fingerprint density at radius 3 is 2.50 bits per heavy atom. The number of aliphatic imine (C=N–C) groups is 1. The lowest BCUT2D eigenvalue weighted by Crippen LogP contribution is -2.20. The number of aliphatic carboxylic acids is 1. The zero-order valence-corrected chi connectivity index (χ0v) is 9.68. The largest absolute Gasteiger partial charge is 0.481 e. The van der Waals surface area contributed by atoms with Crippen LogP contribution < -0.4 is 0 Å². The molecule has 3 nitrogen and oxygen atoms in total. The molecule has 86 valence electrons. The number of hydrogen-bond acceptors (Lipinski definition) is 2. The van der Waals surface area contributed by atoms with Crippen molar-refractivity contribution in [1.82, 2.24) is 0 Å². The van der Waals surface area contributed by atoms with Crippen LogP contribution in [0.25, 0.3) is 0 Å². The lowest BCUT2D eigenvalue weighted by atomic mass is 10.0. The highest BCUT2D eigenvalue weighted by atomic mass is 16.4. The summed E-state index contributed by atoms with van der Waals surface area (Å²) in [6.07, 6.45) is 0.583. The van der Waals surface area contributed by atoms with Crippen LogP contribution in [0.5, 0.6) is 0 Å². The van der Waals surface area contributed by atoms with Gasteiger partial charge in [0.2, 0.25) is 0 Å². The zero-order chi connectivity index (χ0) is 12.0. The van der Waals surface area contributed by atoms with Gasteiger partial charge in [0.15, 0.2) is 0 Å². The van der Waals surface area contributed by atoms with Crippen molar-refractivity contribution < 1.29 is 9.90 Å². The molecule has 0 amide bonds. The monoisotopic (exact) mass is 219 g/mol. The standard InChI is InChI=1S/C13H17NO2/c1-3-12(13(15)16)10(2)14-9-11-7-5-4-6-8-11/h4-8,12H,3,9H2,1-2H3,(H,15,16)/b14-10+. The van der Waals surface area contributed by atoms with Gasteiger partial charge in [-0.2, -0.15) is 0 Å². The van der Waals surface area contributed by atoms with Crippen LogP contribution >= 0.6 is 0 Å². The van der Waals surface area contributed by atoms with Crippen molar-refractivity contribution in [3.05, 3.63) is 35.9 Å². The number of rotatable bonds is 5. The van der Waals surface area contributed by atoms with Crippen LogP contribution in [-0.4, -0.2) is 16.8 Å². The fourth-order valence-corrected chi connectivity index (χ4v) is 1.56. The summed E-state index contributed by atoms with van der Waals surface area (Å²) in [5.41, 5.74) is 1.79. The molecule has 0 spiro atoms. The number of carboxylic acids is 1. The summed E-state index contributed by atoms with van der Waals surface area (Å²) >= 11 is 0. The normalized spacial score (nSPS) is 13.5. The first-order chi connectivity index (χ1) is 7.65. The molecule has 1 unspecified atom stereocenters. The van der Waals surface area contributed by atoms with Crippen molar-refractivity contribution in [2.24, 2.45) is 10.9 Å². The van der Waals surface area contributed by atoms with E-state index >= 15 is 0 Å². The Morgan fingerprint density at radius 1 is 1.38 bits per heavy atom. The van der Waals surface area contributed by atoms with Crippen LogP contribution in [0, 0.1) is 5.92 Å². The molecule has 0 aromatic heterocycles. The van der Waals surface area contributed by atoms with Gasteiger partial charge in [-0.1, -0.05) is 37.3 Å². The third-order valence-electron chi connectivity index (χ3n) is 2.56. The Labute approximate surface area is 95.8 Å². The maximum atomic E-state index is 10.9. The molecular weight excluding hydrogens is 202 g/mol. The zero-order valence-electron chi connectivity index (χ0n) is 9.68. The molecule has 0 saturated heterocycles. The van der Waals surface area contributed by atoms with Crippen LogP contribution in [-0.2, 0) is 11.3 Å². The molecule has 0 radical (unpaired) electrons. The molecule has 0 heterocycles. The first-order valence-electron chi connectivity index (χ1n) is 5.42. The van der Waals surface area contributed by atoms with E-state index in [0.29, 0.717) is 18.7 Å². The Bertz CT molecular complexity index is 371. The lowest BCUT2D eigenvalue weighted by molar-refractivity contribution is -0.139. The van der Waals surface area contributed by atoms with Crippen LogP contribution in [0.15, 0.2) is 35.3 Å². The molecule has 1 aromatic rings. The quantitative estimate of drug-likeness (QED) is 0.774. The van der Waals surface area contributed by atoms with E-state index in [-0.39, 0.29) is 0 Å². The molecule has 1 aromatic carbocycles. The molecule has 0 bridgehead atoms. The van der Waals surface area contributed by atoms with Crippen molar-refractivity contribution in [3.63, 3.8) is 0 Å². The molecule has 3 heteroatoms. The van der Waals surface area contributed by atoms with Crippen molar-refractivity contribution in [2.45, 2.75) is 26.8 Å². The van der Waals surface area contributed by atoms with Gasteiger partial charge < -0.3 is 5.11 Å². The number of carboxylic acid groups (broad SMARTS) is 1. The van der Waals surface area contributed by atoms with Gasteiger partial charge >= 0.3 is 5.97 Å². The topological polar surface area (TPSA) is 49.7 Å². The van der Waals surface area contributed by atoms with Gasteiger partial charge in [0.1, 0.15) is 0 Å². The predicted octanol–water partition coefficient (Wildman–Crippen LogP) is 2.76. The molecule has 0 saturated carbocycles. The third kappa shape index (κ3) is 3.50. The Hall–Kier alpha value is -1.64. The highest BCUT2D eigenvalue weighted by Crippen LogP contribution is 2.08. The summed E-state index contributed by atoms with van der Waals surface area (Å²) < 4.78 is 0. The van der Waals surface area contributed by atoms with E-state index in [1.165, 1.54) is 0 Å². The van der Waals surface area contributed by atoms with Gasteiger partial charge in [0, 0.05) is 5.71 Å². The number of hydrogen-bond donors (Lipinski definition) is 1. The van der Waals surface area contributed by atoms with E-state index < -0.39 is 11.9 Å². The Balaban J connectivity index is 2.67. The smallest absolute Gasteiger partial charge is 0.312 e. The predicted molar refractivity (Wildman–Crippen MR) is 64.7 cm³/mol. The van der Waals surface area contributed by atoms with Crippen molar-refractivity contribution >= 4 is 11.7 Å². The summed E-state index contributed by atoms with van der Waals surface area (Å²) in [5, 5.41) is 8.96. The second kappa shape index (κ2) is 6.05. The van der Waals surface area contributed by atoms with Crippen LogP contribution in [0.4, 0.5) is 0 Å². The van der Waals surface area contributed by atoms with E-state index in [1.807, 2.05) is 37.3 Å². The van der Waals surface area contributed by atoms with E-state index in [2.05, 4.69) is 4.99 Å². The van der Waals surface area contributed by atoms with Gasteiger partial charge in [-0.3, -0.25) is 9.79 Å². The molecule has 0 aliphatic heterocycles. The molecular formula is C13H17NO2. The minimum absolute atomic E-state index is 0.455. The van der Waals surface area contributed by atoms with E-state index in [1.54, 1.807) is 6.92 Å². The van der Waals surface area contributed by atoms with Crippen LogP contribution in [0.1, 0.15) is 25.8 Å². The maximum absolute atomic E-state index is 10.9. The average molecular weight is 219 g/mol.